The number of furan rings is 1. The zero-order chi connectivity index (χ0) is 23.7. The minimum absolute atomic E-state index is 0.185. The third-order valence-corrected chi connectivity index (χ3v) is 7.85. The fraction of sp³-hybridized carbons (Fsp3) is 0.160. The largest absolute Gasteiger partial charge is 0.494 e. The third kappa shape index (κ3) is 5.06. The molecule has 1 amide bonds. The Hall–Kier alpha value is -3.01. The van der Waals surface area contributed by atoms with Gasteiger partial charge in [0.2, 0.25) is 0 Å². The van der Waals surface area contributed by atoms with Crippen molar-refractivity contribution in [3.8, 4) is 5.75 Å². The van der Waals surface area contributed by atoms with Crippen LogP contribution in [0.2, 0.25) is 0 Å². The second-order valence-electron chi connectivity index (χ2n) is 7.57. The number of thioether (sulfide) groups is 1. The summed E-state index contributed by atoms with van der Waals surface area (Å²) < 4.78 is 13.5. The van der Waals surface area contributed by atoms with Gasteiger partial charge in [-0.05, 0) is 86.3 Å². The zero-order valence-corrected chi connectivity index (χ0v) is 21.2. The summed E-state index contributed by atoms with van der Waals surface area (Å²) in [4.78, 5) is 22.2. The van der Waals surface area contributed by atoms with Gasteiger partial charge in [-0.25, -0.2) is 9.98 Å². The molecule has 34 heavy (non-hydrogen) atoms. The molecular weight excluding hydrogens is 486 g/mol. The number of fused-ring (bicyclic) bond motifs is 1. The first-order valence-corrected chi connectivity index (χ1v) is 13.1. The van der Waals surface area contributed by atoms with Gasteiger partial charge >= 0.3 is 0 Å². The molecule has 1 saturated heterocycles. The second kappa shape index (κ2) is 9.69. The van der Waals surface area contributed by atoms with E-state index in [0.717, 1.165) is 31.6 Å². The molecule has 3 heterocycles. The number of aromatic nitrogens is 1. The number of nitrogens with one attached hydrogen (secondary N) is 1. The summed E-state index contributed by atoms with van der Waals surface area (Å²) in [5, 5.41) is 4.10. The van der Waals surface area contributed by atoms with Crippen LogP contribution in [0.15, 0.2) is 72.3 Å². The molecule has 1 aliphatic heterocycles. The first-order valence-electron chi connectivity index (χ1n) is 10.6. The molecule has 0 saturated carbocycles. The lowest BCUT2D eigenvalue weighted by Gasteiger charge is -2.02. The number of carbonyl (C=O) groups excluding carboxylic acids is 1. The van der Waals surface area contributed by atoms with Crippen molar-refractivity contribution in [2.24, 2.45) is 4.99 Å². The van der Waals surface area contributed by atoms with Gasteiger partial charge < -0.3 is 14.5 Å². The first-order chi connectivity index (χ1) is 16.5. The standard InChI is InChI=1S/C25H21N3O3S3/c1-4-30-16-6-9-19-20(12-16)33-25(27-19)34-22-10-7-17(31-22)13-21-23(29)28-24(32-21)26-18-8-5-14(2)11-15(18)3/h5-13H,4H2,1-3H3,(H,26,28,29)/b21-13-. The predicted molar refractivity (Wildman–Crippen MR) is 140 cm³/mol. The van der Waals surface area contributed by atoms with Crippen LogP contribution in [-0.4, -0.2) is 22.7 Å². The summed E-state index contributed by atoms with van der Waals surface area (Å²) >= 11 is 4.35. The lowest BCUT2D eigenvalue weighted by atomic mass is 10.1. The molecule has 0 unspecified atom stereocenters. The zero-order valence-electron chi connectivity index (χ0n) is 18.7. The Morgan fingerprint density at radius 3 is 2.88 bits per heavy atom. The smallest absolute Gasteiger partial charge is 0.264 e. The highest BCUT2D eigenvalue weighted by Gasteiger charge is 2.24. The Kier molecular flexibility index (Phi) is 6.49. The fourth-order valence-electron chi connectivity index (χ4n) is 3.39. The molecule has 9 heteroatoms. The number of aryl methyl sites for hydroxylation is 2. The topological polar surface area (TPSA) is 76.7 Å². The maximum atomic E-state index is 12.4. The van der Waals surface area contributed by atoms with Gasteiger partial charge in [0.25, 0.3) is 5.91 Å². The number of thiazole rings is 1. The number of amidine groups is 1. The molecule has 2 aromatic heterocycles. The van der Waals surface area contributed by atoms with E-state index in [1.807, 2.05) is 63.2 Å². The van der Waals surface area contributed by atoms with Gasteiger partial charge in [-0.1, -0.05) is 17.7 Å². The number of benzene rings is 2. The number of nitrogens with zero attached hydrogens (tertiary/aromatic N) is 2. The van der Waals surface area contributed by atoms with Gasteiger partial charge in [-0.2, -0.15) is 0 Å². The lowest BCUT2D eigenvalue weighted by molar-refractivity contribution is -0.115. The molecule has 5 rings (SSSR count). The Bertz CT molecular complexity index is 1450. The van der Waals surface area contributed by atoms with E-state index in [0.29, 0.717) is 27.5 Å². The fourth-order valence-corrected chi connectivity index (χ4v) is 6.20. The van der Waals surface area contributed by atoms with Crippen LogP contribution in [0.25, 0.3) is 16.3 Å². The average molecular weight is 508 g/mol. The van der Waals surface area contributed by atoms with Gasteiger partial charge in [0.15, 0.2) is 14.6 Å². The number of ether oxygens (including phenoxy) is 1. The van der Waals surface area contributed by atoms with Crippen molar-refractivity contribution in [2.75, 3.05) is 6.61 Å². The van der Waals surface area contributed by atoms with Crippen molar-refractivity contribution in [1.29, 1.82) is 0 Å². The molecule has 6 nitrogen and oxygen atoms in total. The molecule has 0 atom stereocenters. The maximum absolute atomic E-state index is 12.4. The van der Waals surface area contributed by atoms with E-state index in [1.165, 1.54) is 29.1 Å². The monoisotopic (exact) mass is 507 g/mol. The number of rotatable bonds is 6. The number of carbonyl (C=O) groups is 1. The molecule has 0 bridgehead atoms. The Morgan fingerprint density at radius 1 is 1.18 bits per heavy atom. The van der Waals surface area contributed by atoms with Gasteiger partial charge in [0, 0.05) is 6.08 Å². The van der Waals surface area contributed by atoms with Gasteiger partial charge in [0.05, 0.1) is 27.4 Å². The summed E-state index contributed by atoms with van der Waals surface area (Å²) in [7, 11) is 0. The highest BCUT2D eigenvalue weighted by molar-refractivity contribution is 8.18. The maximum Gasteiger partial charge on any atom is 0.264 e. The van der Waals surface area contributed by atoms with Crippen LogP contribution < -0.4 is 10.1 Å². The van der Waals surface area contributed by atoms with Crippen molar-refractivity contribution in [3.05, 3.63) is 70.3 Å². The summed E-state index contributed by atoms with van der Waals surface area (Å²) in [5.41, 5.74) is 4.02. The normalized spacial score (nSPS) is 16.0. The number of hydrogen-bond acceptors (Lipinski definition) is 8. The predicted octanol–water partition coefficient (Wildman–Crippen LogP) is 6.95. The van der Waals surface area contributed by atoms with Gasteiger partial charge in [-0.3, -0.25) is 4.79 Å². The number of hydrogen-bond donors (Lipinski definition) is 1. The molecule has 0 radical (unpaired) electrons. The van der Waals surface area contributed by atoms with Crippen LogP contribution >= 0.6 is 34.9 Å². The Balaban J connectivity index is 1.30. The van der Waals surface area contributed by atoms with Crippen molar-refractivity contribution >= 4 is 67.9 Å². The first kappa shape index (κ1) is 22.8. The highest BCUT2D eigenvalue weighted by atomic mass is 32.2. The van der Waals surface area contributed by atoms with Crippen LogP contribution in [0.1, 0.15) is 23.8 Å². The molecule has 172 valence electrons. The summed E-state index contributed by atoms with van der Waals surface area (Å²) in [6.45, 7) is 6.65. The van der Waals surface area contributed by atoms with Crippen molar-refractivity contribution in [3.63, 3.8) is 0 Å². The SMILES string of the molecule is CCOc1ccc2nc(Sc3ccc(/C=C4\SC(=Nc5ccc(C)cc5C)NC4=O)o3)sc2c1. The quantitative estimate of drug-likeness (QED) is 0.285. The molecule has 0 aliphatic carbocycles. The van der Waals surface area contributed by atoms with E-state index in [2.05, 4.69) is 21.4 Å². The third-order valence-electron chi connectivity index (χ3n) is 4.94. The lowest BCUT2D eigenvalue weighted by Crippen LogP contribution is -2.19. The van der Waals surface area contributed by atoms with E-state index in [9.17, 15) is 4.79 Å². The summed E-state index contributed by atoms with van der Waals surface area (Å²) in [6, 6.07) is 15.7. The van der Waals surface area contributed by atoms with E-state index in [1.54, 1.807) is 17.4 Å². The minimum Gasteiger partial charge on any atom is -0.494 e. The molecule has 0 spiro atoms. The van der Waals surface area contributed by atoms with Crippen molar-refractivity contribution in [2.45, 2.75) is 30.2 Å². The molecule has 1 aliphatic rings. The Labute approximate surface area is 209 Å². The summed E-state index contributed by atoms with van der Waals surface area (Å²) in [5.74, 6) is 1.26. The van der Waals surface area contributed by atoms with Crippen LogP contribution in [-0.2, 0) is 4.79 Å². The number of amides is 1. The van der Waals surface area contributed by atoms with Gasteiger partial charge in [0.1, 0.15) is 11.5 Å². The molecule has 1 N–H and O–H groups in total. The molecule has 1 fully saturated rings. The molecule has 4 aromatic rings. The minimum atomic E-state index is -0.185. The van der Waals surface area contributed by atoms with Crippen molar-refractivity contribution < 1.29 is 13.9 Å². The number of aliphatic imine (C=N–C) groups is 1. The van der Waals surface area contributed by atoms with Crippen LogP contribution in [0.4, 0.5) is 5.69 Å². The van der Waals surface area contributed by atoms with E-state index in [4.69, 9.17) is 9.15 Å². The van der Waals surface area contributed by atoms with Crippen LogP contribution in [0.5, 0.6) is 5.75 Å². The van der Waals surface area contributed by atoms with Crippen LogP contribution in [0.3, 0.4) is 0 Å². The summed E-state index contributed by atoms with van der Waals surface area (Å²) in [6.07, 6.45) is 1.74. The second-order valence-corrected chi connectivity index (χ2v) is 10.9. The molecular formula is C25H21N3O3S3. The van der Waals surface area contributed by atoms with E-state index in [-0.39, 0.29) is 5.91 Å². The average Bonchev–Trinajstić information content (AvgIpc) is 3.49. The van der Waals surface area contributed by atoms with E-state index >= 15 is 0 Å². The van der Waals surface area contributed by atoms with Crippen LogP contribution in [0, 0.1) is 13.8 Å². The highest BCUT2D eigenvalue weighted by Crippen LogP contribution is 2.37. The molecule has 2 aromatic carbocycles. The van der Waals surface area contributed by atoms with E-state index < -0.39 is 0 Å². The Morgan fingerprint density at radius 2 is 2.06 bits per heavy atom. The van der Waals surface area contributed by atoms with Crippen molar-refractivity contribution in [1.82, 2.24) is 10.3 Å². The van der Waals surface area contributed by atoms with Gasteiger partial charge in [-0.15, -0.1) is 11.3 Å².